The van der Waals surface area contributed by atoms with Crippen molar-refractivity contribution in [2.24, 2.45) is 11.3 Å². The van der Waals surface area contributed by atoms with Crippen LogP contribution in [0.25, 0.3) is 0 Å². The first-order chi connectivity index (χ1) is 8.67. The number of amides is 2. The minimum atomic E-state index is -1.40. The van der Waals surface area contributed by atoms with Crippen LogP contribution in [0.2, 0.25) is 0 Å². The number of nitrogens with zero attached hydrogens (tertiary/aromatic N) is 1. The summed E-state index contributed by atoms with van der Waals surface area (Å²) < 4.78 is 0. The molecule has 1 aliphatic heterocycles. The molecule has 1 unspecified atom stereocenters. The second-order valence-electron chi connectivity index (χ2n) is 5.83. The van der Waals surface area contributed by atoms with Gasteiger partial charge in [0.05, 0.1) is 5.41 Å². The number of imide groups is 1. The third-order valence-electron chi connectivity index (χ3n) is 4.73. The fourth-order valence-electron chi connectivity index (χ4n) is 2.69. The van der Waals surface area contributed by atoms with E-state index in [9.17, 15) is 19.5 Å². The Morgan fingerprint density at radius 1 is 1.37 bits per heavy atom. The van der Waals surface area contributed by atoms with E-state index in [2.05, 4.69) is 0 Å². The first-order valence-electron chi connectivity index (χ1n) is 6.78. The third kappa shape index (κ3) is 2.05. The largest absolute Gasteiger partial charge is 0.479 e. The molecule has 0 aromatic heterocycles. The van der Waals surface area contributed by atoms with Gasteiger partial charge in [0.1, 0.15) is 5.54 Å². The van der Waals surface area contributed by atoms with Crippen molar-refractivity contribution in [1.29, 1.82) is 0 Å². The van der Waals surface area contributed by atoms with E-state index in [-0.39, 0.29) is 37.0 Å². The van der Waals surface area contributed by atoms with Crippen LogP contribution in [0.15, 0.2) is 0 Å². The molecule has 19 heavy (non-hydrogen) atoms. The molecule has 1 atom stereocenters. The van der Waals surface area contributed by atoms with Crippen molar-refractivity contribution in [2.45, 2.75) is 59.4 Å². The first-order valence-corrected chi connectivity index (χ1v) is 6.78. The van der Waals surface area contributed by atoms with E-state index in [1.54, 1.807) is 20.8 Å². The van der Waals surface area contributed by atoms with E-state index in [0.717, 1.165) is 4.90 Å². The molecule has 0 saturated carbocycles. The van der Waals surface area contributed by atoms with Crippen LogP contribution in [0.3, 0.4) is 0 Å². The van der Waals surface area contributed by atoms with Gasteiger partial charge in [-0.2, -0.15) is 0 Å². The lowest BCUT2D eigenvalue weighted by Gasteiger charge is -2.37. The Kier molecular flexibility index (Phi) is 4.08. The van der Waals surface area contributed by atoms with E-state index in [4.69, 9.17) is 0 Å². The molecular formula is C14H23NO4. The summed E-state index contributed by atoms with van der Waals surface area (Å²) in [5, 5.41) is 9.48. The van der Waals surface area contributed by atoms with Gasteiger partial charge in [-0.15, -0.1) is 0 Å². The van der Waals surface area contributed by atoms with Crippen LogP contribution in [-0.2, 0) is 14.4 Å². The zero-order valence-corrected chi connectivity index (χ0v) is 12.3. The van der Waals surface area contributed by atoms with Gasteiger partial charge in [0.2, 0.25) is 11.8 Å². The average Bonchev–Trinajstić information content (AvgIpc) is 2.56. The van der Waals surface area contributed by atoms with Gasteiger partial charge in [-0.05, 0) is 25.7 Å². The molecule has 0 aliphatic carbocycles. The molecule has 0 bridgehead atoms. The Bertz CT molecular complexity index is 412. The summed E-state index contributed by atoms with van der Waals surface area (Å²) in [5.74, 6) is -1.83. The molecule has 0 radical (unpaired) electrons. The molecule has 1 fully saturated rings. The SMILES string of the molecule is CCC(CC)(C(=O)O)N1C(=O)CC(C)(C(C)C)C1=O. The number of carboxylic acids is 1. The molecule has 1 aliphatic rings. The normalized spacial score (nSPS) is 24.4. The van der Waals surface area contributed by atoms with E-state index >= 15 is 0 Å². The summed E-state index contributed by atoms with van der Waals surface area (Å²) in [6.45, 7) is 8.91. The van der Waals surface area contributed by atoms with Crippen LogP contribution >= 0.6 is 0 Å². The smallest absolute Gasteiger partial charge is 0.330 e. The van der Waals surface area contributed by atoms with Crippen LogP contribution in [0, 0.1) is 11.3 Å². The van der Waals surface area contributed by atoms with E-state index in [0.29, 0.717) is 0 Å². The number of likely N-dealkylation sites (tertiary alicyclic amines) is 1. The summed E-state index contributed by atoms with van der Waals surface area (Å²) in [5.41, 5.74) is -2.19. The fraction of sp³-hybridized carbons (Fsp3) is 0.786. The summed E-state index contributed by atoms with van der Waals surface area (Å²) in [7, 11) is 0. The Morgan fingerprint density at radius 3 is 2.11 bits per heavy atom. The van der Waals surface area contributed by atoms with Crippen molar-refractivity contribution in [2.75, 3.05) is 0 Å². The molecule has 1 heterocycles. The lowest BCUT2D eigenvalue weighted by molar-refractivity contribution is -0.165. The van der Waals surface area contributed by atoms with Crippen LogP contribution in [-0.4, -0.2) is 33.3 Å². The van der Waals surface area contributed by atoms with Crippen LogP contribution < -0.4 is 0 Å². The lowest BCUT2D eigenvalue weighted by Crippen LogP contribution is -2.57. The highest BCUT2D eigenvalue weighted by atomic mass is 16.4. The maximum Gasteiger partial charge on any atom is 0.330 e. The quantitative estimate of drug-likeness (QED) is 0.775. The van der Waals surface area contributed by atoms with Crippen molar-refractivity contribution in [3.05, 3.63) is 0 Å². The summed E-state index contributed by atoms with van der Waals surface area (Å²) in [6.07, 6.45) is 0.549. The van der Waals surface area contributed by atoms with Crippen molar-refractivity contribution in [3.63, 3.8) is 0 Å². The lowest BCUT2D eigenvalue weighted by atomic mass is 9.77. The topological polar surface area (TPSA) is 74.7 Å². The number of hydrogen-bond acceptors (Lipinski definition) is 3. The Hall–Kier alpha value is -1.39. The summed E-state index contributed by atoms with van der Waals surface area (Å²) in [6, 6.07) is 0. The molecule has 1 N–H and O–H groups in total. The molecule has 5 nitrogen and oxygen atoms in total. The number of aliphatic carboxylic acids is 1. The van der Waals surface area contributed by atoms with Gasteiger partial charge < -0.3 is 5.11 Å². The van der Waals surface area contributed by atoms with Crippen molar-refractivity contribution >= 4 is 17.8 Å². The molecule has 2 amide bonds. The van der Waals surface area contributed by atoms with Crippen LogP contribution in [0.5, 0.6) is 0 Å². The maximum atomic E-state index is 12.6. The standard InChI is InChI=1S/C14H23NO4/c1-6-14(7-2,12(18)19)15-10(16)8-13(5,9(3)4)11(15)17/h9H,6-8H2,1-5H3,(H,18,19). The summed E-state index contributed by atoms with van der Waals surface area (Å²) in [4.78, 5) is 37.4. The third-order valence-corrected chi connectivity index (χ3v) is 4.73. The van der Waals surface area contributed by atoms with Gasteiger partial charge in [0.15, 0.2) is 0 Å². The monoisotopic (exact) mass is 269 g/mol. The second-order valence-corrected chi connectivity index (χ2v) is 5.83. The zero-order chi connectivity index (χ0) is 15.0. The van der Waals surface area contributed by atoms with E-state index in [1.165, 1.54) is 0 Å². The predicted molar refractivity (Wildman–Crippen MR) is 70.4 cm³/mol. The van der Waals surface area contributed by atoms with Gasteiger partial charge in [-0.1, -0.05) is 27.7 Å². The molecule has 5 heteroatoms. The van der Waals surface area contributed by atoms with Gasteiger partial charge in [0, 0.05) is 6.42 Å². The summed E-state index contributed by atoms with van der Waals surface area (Å²) >= 11 is 0. The number of hydrogen-bond donors (Lipinski definition) is 1. The van der Waals surface area contributed by atoms with Crippen molar-refractivity contribution in [3.8, 4) is 0 Å². The maximum absolute atomic E-state index is 12.6. The second kappa shape index (κ2) is 4.94. The molecule has 108 valence electrons. The van der Waals surface area contributed by atoms with Crippen molar-refractivity contribution < 1.29 is 19.5 Å². The van der Waals surface area contributed by atoms with Gasteiger partial charge in [0.25, 0.3) is 0 Å². The highest BCUT2D eigenvalue weighted by Gasteiger charge is 2.58. The predicted octanol–water partition coefficient (Wildman–Crippen LogP) is 2.05. The number of carbonyl (C=O) groups is 3. The molecule has 1 rings (SSSR count). The molecule has 0 aromatic rings. The minimum Gasteiger partial charge on any atom is -0.479 e. The van der Waals surface area contributed by atoms with Gasteiger partial charge >= 0.3 is 5.97 Å². The number of carbonyl (C=O) groups excluding carboxylic acids is 2. The van der Waals surface area contributed by atoms with Gasteiger partial charge in [-0.25, -0.2) is 4.79 Å². The average molecular weight is 269 g/mol. The van der Waals surface area contributed by atoms with Crippen molar-refractivity contribution in [1.82, 2.24) is 4.90 Å². The van der Waals surface area contributed by atoms with Crippen LogP contribution in [0.1, 0.15) is 53.9 Å². The number of rotatable bonds is 5. The highest BCUT2D eigenvalue weighted by Crippen LogP contribution is 2.43. The molecule has 1 saturated heterocycles. The van der Waals surface area contributed by atoms with E-state index in [1.807, 2.05) is 13.8 Å². The molecule has 0 aromatic carbocycles. The van der Waals surface area contributed by atoms with Gasteiger partial charge in [-0.3, -0.25) is 14.5 Å². The number of carboxylic acid groups (broad SMARTS) is 1. The molecular weight excluding hydrogens is 246 g/mol. The van der Waals surface area contributed by atoms with E-state index < -0.39 is 16.9 Å². The zero-order valence-electron chi connectivity index (χ0n) is 12.3. The Morgan fingerprint density at radius 2 is 1.84 bits per heavy atom. The Balaban J connectivity index is 3.31. The first kappa shape index (κ1) is 15.7. The Labute approximate surface area is 114 Å². The highest BCUT2D eigenvalue weighted by molar-refractivity contribution is 6.09. The molecule has 0 spiro atoms. The fourth-order valence-corrected chi connectivity index (χ4v) is 2.69. The van der Waals surface area contributed by atoms with Crippen LogP contribution in [0.4, 0.5) is 0 Å². The minimum absolute atomic E-state index is 0.00541.